The molecule has 0 bridgehead atoms. The number of aryl methyl sites for hydroxylation is 1. The second-order valence-corrected chi connectivity index (χ2v) is 6.61. The zero-order valence-electron chi connectivity index (χ0n) is 13.8. The molecule has 2 aliphatic rings. The lowest BCUT2D eigenvalue weighted by atomic mass is 9.76. The predicted molar refractivity (Wildman–Crippen MR) is 97.4 cm³/mol. The highest BCUT2D eigenvalue weighted by molar-refractivity contribution is 6.33. The standard InChI is InChI=1S/C19H18ClN3O2/c1-25-18-21-19(12-6-8-13-7-2-3-9-14(13)19)17(24)23(18)22-16-11-5-4-10-15(16)20/h2-5,7,9-11,22H,6,8,12H2,1H3. The van der Waals surface area contributed by atoms with Gasteiger partial charge >= 0.3 is 6.02 Å². The summed E-state index contributed by atoms with van der Waals surface area (Å²) in [5.41, 5.74) is 4.89. The summed E-state index contributed by atoms with van der Waals surface area (Å²) in [7, 11) is 1.52. The van der Waals surface area contributed by atoms with Crippen molar-refractivity contribution in [3.05, 3.63) is 64.7 Å². The maximum Gasteiger partial charge on any atom is 0.315 e. The first-order valence-electron chi connectivity index (χ1n) is 8.24. The van der Waals surface area contributed by atoms with Crippen molar-refractivity contribution >= 4 is 29.2 Å². The van der Waals surface area contributed by atoms with Crippen molar-refractivity contribution in [3.63, 3.8) is 0 Å². The number of halogens is 1. The number of hydrogen-bond donors (Lipinski definition) is 1. The third kappa shape index (κ3) is 2.46. The zero-order valence-corrected chi connectivity index (χ0v) is 14.6. The van der Waals surface area contributed by atoms with Gasteiger partial charge in [-0.2, -0.15) is 5.01 Å². The molecule has 1 aliphatic carbocycles. The summed E-state index contributed by atoms with van der Waals surface area (Å²) >= 11 is 6.22. The minimum Gasteiger partial charge on any atom is -0.467 e. The summed E-state index contributed by atoms with van der Waals surface area (Å²) in [6, 6.07) is 15.5. The van der Waals surface area contributed by atoms with Crippen molar-refractivity contribution in [3.8, 4) is 0 Å². The molecule has 1 heterocycles. The Balaban J connectivity index is 1.75. The molecule has 1 spiro atoms. The molecule has 0 aromatic heterocycles. The van der Waals surface area contributed by atoms with Crippen LogP contribution in [0.4, 0.5) is 5.69 Å². The molecular formula is C19H18ClN3O2. The Hall–Kier alpha value is -2.53. The van der Waals surface area contributed by atoms with Gasteiger partial charge in [-0.05, 0) is 42.5 Å². The molecule has 0 fully saturated rings. The number of carbonyl (C=O) groups excluding carboxylic acids is 1. The highest BCUT2D eigenvalue weighted by atomic mass is 35.5. The van der Waals surface area contributed by atoms with Crippen LogP contribution in [-0.2, 0) is 21.5 Å². The Labute approximate surface area is 151 Å². The van der Waals surface area contributed by atoms with E-state index in [1.165, 1.54) is 17.7 Å². The molecule has 1 aliphatic heterocycles. The van der Waals surface area contributed by atoms with Crippen LogP contribution in [0.2, 0.25) is 5.02 Å². The van der Waals surface area contributed by atoms with Crippen LogP contribution in [0.1, 0.15) is 24.0 Å². The van der Waals surface area contributed by atoms with Gasteiger partial charge in [0.15, 0.2) is 5.54 Å². The summed E-state index contributed by atoms with van der Waals surface area (Å²) in [5.74, 6) is -0.142. The number of carbonyl (C=O) groups is 1. The zero-order chi connectivity index (χ0) is 17.4. The molecule has 1 atom stereocenters. The number of anilines is 1. The minimum absolute atomic E-state index is 0.142. The fourth-order valence-electron chi connectivity index (χ4n) is 3.59. The van der Waals surface area contributed by atoms with Gasteiger partial charge in [0.1, 0.15) is 0 Å². The average molecular weight is 356 g/mol. The quantitative estimate of drug-likeness (QED) is 0.892. The van der Waals surface area contributed by atoms with E-state index in [1.807, 2.05) is 36.4 Å². The molecule has 2 aromatic rings. The molecule has 5 nitrogen and oxygen atoms in total. The molecule has 2 aromatic carbocycles. The van der Waals surface area contributed by atoms with Gasteiger partial charge in [-0.15, -0.1) is 0 Å². The van der Waals surface area contributed by atoms with Crippen LogP contribution in [0.3, 0.4) is 0 Å². The minimum atomic E-state index is -0.922. The normalized spacial score (nSPS) is 21.9. The van der Waals surface area contributed by atoms with E-state index in [4.69, 9.17) is 21.3 Å². The number of benzene rings is 2. The molecule has 6 heteroatoms. The maximum atomic E-state index is 13.4. The van der Waals surface area contributed by atoms with Crippen LogP contribution in [0.25, 0.3) is 0 Å². The Bertz CT molecular complexity index is 867. The van der Waals surface area contributed by atoms with E-state index in [-0.39, 0.29) is 11.9 Å². The summed E-state index contributed by atoms with van der Waals surface area (Å²) in [4.78, 5) is 18.0. The van der Waals surface area contributed by atoms with Gasteiger partial charge in [0.2, 0.25) is 0 Å². The second-order valence-electron chi connectivity index (χ2n) is 6.20. The number of methoxy groups -OCH3 is 1. The molecule has 0 radical (unpaired) electrons. The van der Waals surface area contributed by atoms with Crippen LogP contribution in [0, 0.1) is 0 Å². The van der Waals surface area contributed by atoms with Crippen LogP contribution < -0.4 is 5.43 Å². The van der Waals surface area contributed by atoms with Gasteiger partial charge < -0.3 is 4.74 Å². The summed E-state index contributed by atoms with van der Waals surface area (Å²) in [6.07, 6.45) is 2.53. The fraction of sp³-hybridized carbons (Fsp3) is 0.263. The summed E-state index contributed by atoms with van der Waals surface area (Å²) in [6.45, 7) is 0. The van der Waals surface area contributed by atoms with E-state index in [0.29, 0.717) is 17.1 Å². The first-order chi connectivity index (χ1) is 12.2. The number of ether oxygens (including phenoxy) is 1. The van der Waals surface area contributed by atoms with Crippen LogP contribution in [-0.4, -0.2) is 24.0 Å². The predicted octanol–water partition coefficient (Wildman–Crippen LogP) is 3.74. The highest BCUT2D eigenvalue weighted by Crippen LogP contribution is 2.43. The Kier molecular flexibility index (Phi) is 3.88. The number of hydrogen-bond acceptors (Lipinski definition) is 4. The van der Waals surface area contributed by atoms with Crippen molar-refractivity contribution in [2.24, 2.45) is 4.99 Å². The van der Waals surface area contributed by atoms with E-state index in [0.717, 1.165) is 18.4 Å². The van der Waals surface area contributed by atoms with Gasteiger partial charge in [-0.25, -0.2) is 4.99 Å². The van der Waals surface area contributed by atoms with Crippen LogP contribution in [0.5, 0.6) is 0 Å². The van der Waals surface area contributed by atoms with E-state index >= 15 is 0 Å². The second kappa shape index (κ2) is 6.08. The first kappa shape index (κ1) is 16.0. The maximum absolute atomic E-state index is 13.4. The van der Waals surface area contributed by atoms with Crippen LogP contribution in [0.15, 0.2) is 53.5 Å². The Morgan fingerprint density at radius 1 is 1.20 bits per heavy atom. The van der Waals surface area contributed by atoms with Crippen molar-refractivity contribution < 1.29 is 9.53 Å². The van der Waals surface area contributed by atoms with E-state index in [9.17, 15) is 4.79 Å². The van der Waals surface area contributed by atoms with Crippen molar-refractivity contribution in [1.82, 2.24) is 5.01 Å². The van der Waals surface area contributed by atoms with Gasteiger partial charge in [0, 0.05) is 0 Å². The van der Waals surface area contributed by atoms with Crippen molar-refractivity contribution in [1.29, 1.82) is 0 Å². The monoisotopic (exact) mass is 355 g/mol. The number of amides is 1. The van der Waals surface area contributed by atoms with Gasteiger partial charge in [0.25, 0.3) is 5.91 Å². The number of para-hydroxylation sites is 1. The SMILES string of the molecule is COC1=NC2(CCCc3ccccc32)C(=O)N1Nc1ccccc1Cl. The molecule has 0 saturated heterocycles. The molecule has 1 unspecified atom stereocenters. The Morgan fingerprint density at radius 2 is 1.96 bits per heavy atom. The molecule has 128 valence electrons. The highest BCUT2D eigenvalue weighted by Gasteiger charge is 2.52. The third-order valence-corrected chi connectivity index (χ3v) is 5.10. The third-order valence-electron chi connectivity index (χ3n) is 4.77. The number of aliphatic imine (C=N–C) groups is 1. The topological polar surface area (TPSA) is 53.9 Å². The van der Waals surface area contributed by atoms with Crippen molar-refractivity contribution in [2.75, 3.05) is 12.5 Å². The van der Waals surface area contributed by atoms with E-state index < -0.39 is 5.54 Å². The fourth-order valence-corrected chi connectivity index (χ4v) is 3.77. The lowest BCUT2D eigenvalue weighted by Crippen LogP contribution is -2.45. The molecule has 4 rings (SSSR count). The summed E-state index contributed by atoms with van der Waals surface area (Å²) in [5, 5.41) is 1.89. The number of fused-ring (bicyclic) bond motifs is 2. The number of rotatable bonds is 2. The molecule has 1 amide bonds. The lowest BCUT2D eigenvalue weighted by molar-refractivity contribution is -0.131. The van der Waals surface area contributed by atoms with E-state index in [2.05, 4.69) is 11.5 Å². The van der Waals surface area contributed by atoms with Gasteiger partial charge in [0.05, 0.1) is 17.8 Å². The number of hydrazine groups is 1. The number of amidine groups is 1. The smallest absolute Gasteiger partial charge is 0.315 e. The molecule has 0 saturated carbocycles. The van der Waals surface area contributed by atoms with Crippen molar-refractivity contribution in [2.45, 2.75) is 24.8 Å². The number of nitrogens with zero attached hydrogens (tertiary/aromatic N) is 2. The molecule has 25 heavy (non-hydrogen) atoms. The van der Waals surface area contributed by atoms with Gasteiger partial charge in [-0.1, -0.05) is 48.0 Å². The lowest BCUT2D eigenvalue weighted by Gasteiger charge is -2.31. The molecular weight excluding hydrogens is 338 g/mol. The van der Waals surface area contributed by atoms with Gasteiger partial charge in [-0.3, -0.25) is 10.2 Å². The average Bonchev–Trinajstić information content (AvgIpc) is 2.90. The first-order valence-corrected chi connectivity index (χ1v) is 8.61. The number of nitrogens with one attached hydrogen (secondary N) is 1. The summed E-state index contributed by atoms with van der Waals surface area (Å²) < 4.78 is 5.40. The van der Waals surface area contributed by atoms with E-state index in [1.54, 1.807) is 6.07 Å². The Morgan fingerprint density at radius 3 is 2.76 bits per heavy atom. The molecule has 1 N–H and O–H groups in total. The van der Waals surface area contributed by atoms with Crippen LogP contribution >= 0.6 is 11.6 Å². The largest absolute Gasteiger partial charge is 0.467 e.